The molecule has 1 heterocycles. The van der Waals surface area contributed by atoms with E-state index in [9.17, 15) is 0 Å². The van der Waals surface area contributed by atoms with E-state index >= 15 is 0 Å². The second-order valence-electron chi connectivity index (χ2n) is 6.27. The van der Waals surface area contributed by atoms with Crippen LogP contribution in [0.2, 0.25) is 0 Å². The minimum Gasteiger partial charge on any atom is -0.326 e. The van der Waals surface area contributed by atoms with Crippen LogP contribution in [0.1, 0.15) is 27.7 Å². The number of allylic oxidation sites excluding steroid dienone is 4. The summed E-state index contributed by atoms with van der Waals surface area (Å²) in [6, 6.07) is 0.117. The average molecular weight is 255 g/mol. The molecule has 3 rings (SSSR count). The first kappa shape index (κ1) is 12.4. The maximum absolute atomic E-state index is 5.90. The molecule has 0 amide bonds. The lowest BCUT2D eigenvalue weighted by atomic mass is 9.75. The van der Waals surface area contributed by atoms with Crippen molar-refractivity contribution >= 4 is 11.6 Å². The Hall–Kier alpha value is -1.61. The first-order valence-electron chi connectivity index (χ1n) is 6.84. The highest BCUT2D eigenvalue weighted by molar-refractivity contribution is 5.88. The zero-order valence-corrected chi connectivity index (χ0v) is 12.1. The van der Waals surface area contributed by atoms with Crippen LogP contribution in [0.25, 0.3) is 11.6 Å². The van der Waals surface area contributed by atoms with Crippen LogP contribution in [0, 0.1) is 5.41 Å². The topological polar surface area (TPSA) is 43.8 Å². The molecule has 0 bridgehead atoms. The maximum Gasteiger partial charge on any atom is 0.0692 e. The molecular formula is C16H21N3. The molecule has 0 radical (unpaired) electrons. The van der Waals surface area contributed by atoms with Crippen LogP contribution in [-0.2, 0) is 6.54 Å². The Morgan fingerprint density at radius 2 is 2.16 bits per heavy atom. The Kier molecular flexibility index (Phi) is 2.58. The molecule has 0 aromatic carbocycles. The van der Waals surface area contributed by atoms with E-state index in [1.54, 1.807) is 0 Å². The van der Waals surface area contributed by atoms with Gasteiger partial charge < -0.3 is 5.73 Å². The third-order valence-corrected chi connectivity index (χ3v) is 3.98. The summed E-state index contributed by atoms with van der Waals surface area (Å²) in [5, 5.41) is 6.97. The van der Waals surface area contributed by atoms with Gasteiger partial charge in [0.15, 0.2) is 0 Å². The van der Waals surface area contributed by atoms with E-state index in [1.807, 2.05) is 17.8 Å². The molecule has 1 aromatic heterocycles. The van der Waals surface area contributed by atoms with Crippen molar-refractivity contribution in [2.75, 3.05) is 0 Å². The Bertz CT molecular complexity index is 712. The van der Waals surface area contributed by atoms with Gasteiger partial charge in [0.2, 0.25) is 0 Å². The predicted molar refractivity (Wildman–Crippen MR) is 78.6 cm³/mol. The fourth-order valence-electron chi connectivity index (χ4n) is 3.02. The Balaban J connectivity index is 2.28. The van der Waals surface area contributed by atoms with Crippen molar-refractivity contribution in [2.45, 2.75) is 40.3 Å². The number of nitrogens with zero attached hydrogens (tertiary/aromatic N) is 2. The normalized spacial score (nSPS) is 21.2. The minimum absolute atomic E-state index is 0.0682. The van der Waals surface area contributed by atoms with Gasteiger partial charge in [0.1, 0.15) is 0 Å². The highest BCUT2D eigenvalue weighted by Crippen LogP contribution is 2.40. The van der Waals surface area contributed by atoms with E-state index in [0.29, 0.717) is 0 Å². The SMILES string of the molecule is CC1=C2C=c3c(cnn3C[C@@H](C)N)=C2C(C)(C)C=C1. The molecule has 0 saturated heterocycles. The molecule has 100 valence electrons. The molecule has 2 aliphatic rings. The summed E-state index contributed by atoms with van der Waals surface area (Å²) in [6.07, 6.45) is 8.77. The van der Waals surface area contributed by atoms with Gasteiger partial charge in [-0.15, -0.1) is 0 Å². The molecule has 0 aliphatic heterocycles. The van der Waals surface area contributed by atoms with Gasteiger partial charge in [0.25, 0.3) is 0 Å². The summed E-state index contributed by atoms with van der Waals surface area (Å²) in [4.78, 5) is 0. The quantitative estimate of drug-likeness (QED) is 0.859. The minimum atomic E-state index is 0.0682. The number of aromatic nitrogens is 2. The zero-order chi connectivity index (χ0) is 13.8. The molecule has 0 spiro atoms. The van der Waals surface area contributed by atoms with Crippen molar-refractivity contribution in [1.29, 1.82) is 0 Å². The van der Waals surface area contributed by atoms with E-state index in [-0.39, 0.29) is 11.5 Å². The van der Waals surface area contributed by atoms with Crippen molar-refractivity contribution in [3.63, 3.8) is 0 Å². The molecule has 3 nitrogen and oxygen atoms in total. The van der Waals surface area contributed by atoms with E-state index in [0.717, 1.165) is 6.54 Å². The molecule has 0 fully saturated rings. The van der Waals surface area contributed by atoms with Crippen LogP contribution in [0.5, 0.6) is 0 Å². The summed E-state index contributed by atoms with van der Waals surface area (Å²) in [6.45, 7) is 9.47. The van der Waals surface area contributed by atoms with Gasteiger partial charge in [-0.05, 0) is 36.6 Å². The van der Waals surface area contributed by atoms with Crippen molar-refractivity contribution in [3.05, 3.63) is 40.1 Å². The first-order chi connectivity index (χ1) is 8.90. The standard InChI is InChI=1S/C16H21N3/c1-10-5-6-16(3,4)15-12(10)7-14-13(15)8-18-19(14)9-11(2)17/h5-8,11H,9,17H2,1-4H3/t11-/m1/s1. The van der Waals surface area contributed by atoms with Gasteiger partial charge in [0, 0.05) is 16.7 Å². The lowest BCUT2D eigenvalue weighted by Crippen LogP contribution is -2.34. The van der Waals surface area contributed by atoms with Crippen molar-refractivity contribution in [2.24, 2.45) is 11.1 Å². The van der Waals surface area contributed by atoms with Gasteiger partial charge in [-0.25, -0.2) is 0 Å². The molecule has 2 aliphatic carbocycles. The Labute approximate surface area is 113 Å². The molecule has 1 atom stereocenters. The highest BCUT2D eigenvalue weighted by atomic mass is 15.3. The summed E-state index contributed by atoms with van der Waals surface area (Å²) in [7, 11) is 0. The van der Waals surface area contributed by atoms with Crippen LogP contribution >= 0.6 is 0 Å². The fourth-order valence-corrected chi connectivity index (χ4v) is 3.02. The zero-order valence-electron chi connectivity index (χ0n) is 12.1. The second kappa shape index (κ2) is 3.94. The van der Waals surface area contributed by atoms with E-state index in [1.165, 1.54) is 27.3 Å². The summed E-state index contributed by atoms with van der Waals surface area (Å²) >= 11 is 0. The van der Waals surface area contributed by atoms with Crippen molar-refractivity contribution < 1.29 is 0 Å². The third-order valence-electron chi connectivity index (χ3n) is 3.98. The largest absolute Gasteiger partial charge is 0.326 e. The lowest BCUT2D eigenvalue weighted by Gasteiger charge is -2.28. The van der Waals surface area contributed by atoms with Crippen LogP contribution in [-0.4, -0.2) is 15.8 Å². The number of hydrogen-bond donors (Lipinski definition) is 1. The van der Waals surface area contributed by atoms with E-state index < -0.39 is 0 Å². The first-order valence-corrected chi connectivity index (χ1v) is 6.84. The van der Waals surface area contributed by atoms with E-state index in [4.69, 9.17) is 5.73 Å². The summed E-state index contributed by atoms with van der Waals surface area (Å²) in [5.74, 6) is 0. The fraction of sp³-hybridized carbons (Fsp3) is 0.438. The Morgan fingerprint density at radius 1 is 1.42 bits per heavy atom. The average Bonchev–Trinajstić information content (AvgIpc) is 2.84. The van der Waals surface area contributed by atoms with Crippen LogP contribution in [0.3, 0.4) is 0 Å². The van der Waals surface area contributed by atoms with Crippen LogP contribution in [0.15, 0.2) is 29.5 Å². The number of fused-ring (bicyclic) bond motifs is 2. The summed E-state index contributed by atoms with van der Waals surface area (Å²) in [5.41, 5.74) is 10.1. The van der Waals surface area contributed by atoms with E-state index in [2.05, 4.69) is 44.1 Å². The van der Waals surface area contributed by atoms with Gasteiger partial charge in [-0.3, -0.25) is 4.68 Å². The highest BCUT2D eigenvalue weighted by Gasteiger charge is 2.30. The molecule has 3 heteroatoms. The van der Waals surface area contributed by atoms with Crippen molar-refractivity contribution in [3.8, 4) is 0 Å². The lowest BCUT2D eigenvalue weighted by molar-refractivity contribution is 0.527. The molecule has 0 unspecified atom stereocenters. The van der Waals surface area contributed by atoms with Gasteiger partial charge >= 0.3 is 0 Å². The van der Waals surface area contributed by atoms with Gasteiger partial charge in [-0.2, -0.15) is 5.10 Å². The predicted octanol–water partition coefficient (Wildman–Crippen LogP) is 1.09. The molecule has 0 saturated carbocycles. The molecule has 2 N–H and O–H groups in total. The number of rotatable bonds is 2. The number of nitrogens with two attached hydrogens (primary N) is 1. The Morgan fingerprint density at radius 3 is 2.84 bits per heavy atom. The van der Waals surface area contributed by atoms with Crippen molar-refractivity contribution in [1.82, 2.24) is 9.78 Å². The third kappa shape index (κ3) is 1.80. The van der Waals surface area contributed by atoms with Gasteiger partial charge in [0.05, 0.1) is 18.1 Å². The summed E-state index contributed by atoms with van der Waals surface area (Å²) < 4.78 is 2.03. The van der Waals surface area contributed by atoms with Crippen LogP contribution in [0.4, 0.5) is 0 Å². The maximum atomic E-state index is 5.90. The molecule has 1 aromatic rings. The molecule has 19 heavy (non-hydrogen) atoms. The number of hydrogen-bond acceptors (Lipinski definition) is 2. The molecular weight excluding hydrogens is 234 g/mol. The van der Waals surface area contributed by atoms with Gasteiger partial charge in [-0.1, -0.05) is 26.0 Å². The monoisotopic (exact) mass is 255 g/mol. The second-order valence-corrected chi connectivity index (χ2v) is 6.27. The smallest absolute Gasteiger partial charge is 0.0692 e. The van der Waals surface area contributed by atoms with Crippen LogP contribution < -0.4 is 16.3 Å².